The molecule has 0 amide bonds. The molecule has 0 aliphatic carbocycles. The van der Waals surface area contributed by atoms with Gasteiger partial charge >= 0.3 is 0 Å². The van der Waals surface area contributed by atoms with Crippen molar-refractivity contribution in [3.8, 4) is 22.6 Å². The topological polar surface area (TPSA) is 199 Å². The van der Waals surface area contributed by atoms with E-state index in [1.165, 1.54) is 24.3 Å². The van der Waals surface area contributed by atoms with Gasteiger partial charge in [0.1, 0.15) is 36.6 Å². The van der Waals surface area contributed by atoms with E-state index in [2.05, 4.69) is 0 Å². The summed E-state index contributed by atoms with van der Waals surface area (Å²) in [5.41, 5.74) is -3.91. The molecule has 222 valence electrons. The average molecular weight is 575 g/mol. The van der Waals surface area contributed by atoms with Crippen LogP contribution in [0.15, 0.2) is 36.4 Å². The summed E-state index contributed by atoms with van der Waals surface area (Å²) in [7, 11) is 0. The van der Waals surface area contributed by atoms with Crippen molar-refractivity contribution in [1.29, 1.82) is 0 Å². The van der Waals surface area contributed by atoms with Crippen molar-refractivity contribution in [2.24, 2.45) is 0 Å². The van der Waals surface area contributed by atoms with E-state index in [4.69, 9.17) is 18.9 Å². The molecule has 12 nitrogen and oxygen atoms in total. The fraction of sp³-hybridized carbons (Fsp3) is 0.538. The zero-order valence-corrected chi connectivity index (χ0v) is 21.5. The van der Waals surface area contributed by atoms with Gasteiger partial charge < -0.3 is 59.8 Å². The standard InChI is InChI=1S/C26H32F2O12/c1-25(35)21(33)19(31)17(9-29)39-23(25)37-15-5-3-11(7-13(15)27)12-4-6-16(14(28)8-12)38-24-26(2,36)22(34)20(32)18(10-30)40-24/h3-8,17-24,29-36H,9-10H2,1-2H3/t17-,18-,19-,20-,21+,22+,23+,24+,25+,26+/m1/s1. The van der Waals surface area contributed by atoms with Crippen LogP contribution in [0.4, 0.5) is 8.78 Å². The van der Waals surface area contributed by atoms with Crippen molar-refractivity contribution < 1.29 is 68.6 Å². The number of rotatable bonds is 7. The second kappa shape index (κ2) is 11.4. The summed E-state index contributed by atoms with van der Waals surface area (Å²) in [6, 6.07) is 7.11. The summed E-state index contributed by atoms with van der Waals surface area (Å²) >= 11 is 0. The van der Waals surface area contributed by atoms with E-state index < -0.39 is 96.8 Å². The monoisotopic (exact) mass is 574 g/mol. The first-order chi connectivity index (χ1) is 18.7. The van der Waals surface area contributed by atoms with Gasteiger partial charge in [0, 0.05) is 0 Å². The van der Waals surface area contributed by atoms with Crippen LogP contribution in [0.1, 0.15) is 13.8 Å². The van der Waals surface area contributed by atoms with E-state index in [1.54, 1.807) is 0 Å². The van der Waals surface area contributed by atoms with Gasteiger partial charge in [0.05, 0.1) is 13.2 Å². The lowest BCUT2D eigenvalue weighted by atomic mass is 9.88. The molecule has 0 aromatic heterocycles. The Morgan fingerprint density at radius 3 is 1.35 bits per heavy atom. The molecule has 14 heteroatoms. The SMILES string of the molecule is C[C@@]1(O)[C@@H](Oc2ccc(-c3ccc(O[C@H]4O[C@H](CO)[C@@H](O)[C@H](O)[C@]4(C)O)c(F)c3)cc2F)O[C@H](CO)[C@@H](O)[C@@H]1O. The van der Waals surface area contributed by atoms with Gasteiger partial charge in [-0.25, -0.2) is 8.78 Å². The molecule has 2 heterocycles. The van der Waals surface area contributed by atoms with E-state index in [-0.39, 0.29) is 11.1 Å². The van der Waals surface area contributed by atoms with Crippen LogP contribution in [-0.4, -0.2) is 114 Å². The lowest BCUT2D eigenvalue weighted by Crippen LogP contribution is -2.66. The molecule has 0 radical (unpaired) electrons. The van der Waals surface area contributed by atoms with Gasteiger partial charge in [-0.3, -0.25) is 0 Å². The maximum absolute atomic E-state index is 15.0. The van der Waals surface area contributed by atoms with Crippen LogP contribution in [0.2, 0.25) is 0 Å². The van der Waals surface area contributed by atoms with Crippen LogP contribution < -0.4 is 9.47 Å². The van der Waals surface area contributed by atoms with Crippen LogP contribution in [0, 0.1) is 11.6 Å². The van der Waals surface area contributed by atoms with Crippen molar-refractivity contribution in [1.82, 2.24) is 0 Å². The van der Waals surface area contributed by atoms with Crippen molar-refractivity contribution in [2.75, 3.05) is 13.2 Å². The van der Waals surface area contributed by atoms with Crippen LogP contribution in [-0.2, 0) is 9.47 Å². The Kier molecular flexibility index (Phi) is 8.69. The lowest BCUT2D eigenvalue weighted by molar-refractivity contribution is -0.315. The Labute approximate surface area is 227 Å². The molecule has 2 aliphatic rings. The minimum absolute atomic E-state index is 0.204. The van der Waals surface area contributed by atoms with Gasteiger partial charge in [-0.2, -0.15) is 0 Å². The first-order valence-corrected chi connectivity index (χ1v) is 12.3. The first kappa shape index (κ1) is 30.5. The third kappa shape index (κ3) is 5.52. The molecular weight excluding hydrogens is 542 g/mol. The normalized spacial score (nSPS) is 38.2. The van der Waals surface area contributed by atoms with Gasteiger partial charge in [0.2, 0.25) is 12.6 Å². The molecule has 2 aliphatic heterocycles. The maximum Gasteiger partial charge on any atom is 0.231 e. The van der Waals surface area contributed by atoms with E-state index in [0.29, 0.717) is 0 Å². The van der Waals surface area contributed by atoms with E-state index in [9.17, 15) is 49.6 Å². The van der Waals surface area contributed by atoms with Gasteiger partial charge in [0.15, 0.2) is 34.3 Å². The van der Waals surface area contributed by atoms with Crippen molar-refractivity contribution >= 4 is 0 Å². The molecular formula is C26H32F2O12. The summed E-state index contributed by atoms with van der Waals surface area (Å²) in [6.07, 6.45) is -12.6. The van der Waals surface area contributed by atoms with Crippen molar-refractivity contribution in [3.63, 3.8) is 0 Å². The van der Waals surface area contributed by atoms with Crippen LogP contribution in [0.25, 0.3) is 11.1 Å². The fourth-order valence-corrected chi connectivity index (χ4v) is 4.51. The molecule has 2 aromatic carbocycles. The van der Waals surface area contributed by atoms with Gasteiger partial charge in [-0.15, -0.1) is 0 Å². The maximum atomic E-state index is 15.0. The van der Waals surface area contributed by atoms with E-state index in [1.807, 2.05) is 0 Å². The molecule has 2 aromatic rings. The minimum Gasteiger partial charge on any atom is -0.459 e. The van der Waals surface area contributed by atoms with Gasteiger partial charge in [-0.05, 0) is 49.2 Å². The number of aliphatic hydroxyl groups excluding tert-OH is 6. The third-order valence-corrected chi connectivity index (χ3v) is 7.18. The molecule has 0 spiro atoms. The van der Waals surface area contributed by atoms with Gasteiger partial charge in [0.25, 0.3) is 0 Å². The molecule has 40 heavy (non-hydrogen) atoms. The summed E-state index contributed by atoms with van der Waals surface area (Å²) in [5.74, 6) is -2.67. The zero-order chi connectivity index (χ0) is 29.6. The van der Waals surface area contributed by atoms with Crippen LogP contribution >= 0.6 is 0 Å². The highest BCUT2D eigenvalue weighted by atomic mass is 19.1. The summed E-state index contributed by atoms with van der Waals surface area (Å²) in [6.45, 7) is 0.830. The predicted octanol–water partition coefficient (Wildman–Crippen LogP) is -1.23. The highest BCUT2D eigenvalue weighted by molar-refractivity contribution is 5.65. The van der Waals surface area contributed by atoms with E-state index >= 15 is 0 Å². The molecule has 2 fully saturated rings. The third-order valence-electron chi connectivity index (χ3n) is 7.18. The molecule has 4 rings (SSSR count). The largest absolute Gasteiger partial charge is 0.459 e. The first-order valence-electron chi connectivity index (χ1n) is 12.3. The summed E-state index contributed by atoms with van der Waals surface area (Å²) in [4.78, 5) is 0. The quantitative estimate of drug-likeness (QED) is 0.196. The summed E-state index contributed by atoms with van der Waals surface area (Å²) in [5, 5.41) is 80.1. The van der Waals surface area contributed by atoms with Crippen LogP contribution in [0.5, 0.6) is 11.5 Å². The molecule has 0 saturated carbocycles. The summed E-state index contributed by atoms with van der Waals surface area (Å²) < 4.78 is 51.3. The predicted molar refractivity (Wildman–Crippen MR) is 130 cm³/mol. The number of halogens is 2. The Bertz CT molecular complexity index is 1100. The molecule has 0 unspecified atom stereocenters. The molecule has 2 saturated heterocycles. The Morgan fingerprint density at radius 1 is 0.700 bits per heavy atom. The van der Waals surface area contributed by atoms with Crippen LogP contribution in [0.3, 0.4) is 0 Å². The number of ether oxygens (including phenoxy) is 4. The second-order valence-corrected chi connectivity index (χ2v) is 10.2. The van der Waals surface area contributed by atoms with Gasteiger partial charge in [-0.1, -0.05) is 12.1 Å². The number of aliphatic hydroxyl groups is 8. The lowest BCUT2D eigenvalue weighted by Gasteiger charge is -2.45. The van der Waals surface area contributed by atoms with Crippen molar-refractivity contribution in [3.05, 3.63) is 48.0 Å². The number of hydrogen-bond acceptors (Lipinski definition) is 12. The number of hydrogen-bond donors (Lipinski definition) is 8. The smallest absolute Gasteiger partial charge is 0.231 e. The second-order valence-electron chi connectivity index (χ2n) is 10.2. The van der Waals surface area contributed by atoms with E-state index in [0.717, 1.165) is 26.0 Å². The highest BCUT2D eigenvalue weighted by Gasteiger charge is 2.54. The molecule has 8 N–H and O–H groups in total. The molecule has 0 bridgehead atoms. The zero-order valence-electron chi connectivity index (χ0n) is 21.5. The highest BCUT2D eigenvalue weighted by Crippen LogP contribution is 2.36. The Balaban J connectivity index is 1.51. The minimum atomic E-state index is -2.16. The Hall–Kier alpha value is -2.50. The molecule has 10 atom stereocenters. The number of benzene rings is 2. The Morgan fingerprint density at radius 2 is 1.05 bits per heavy atom. The fourth-order valence-electron chi connectivity index (χ4n) is 4.51. The van der Waals surface area contributed by atoms with Crippen molar-refractivity contribution in [2.45, 2.75) is 74.3 Å². The average Bonchev–Trinajstić information content (AvgIpc) is 2.91.